The van der Waals surface area contributed by atoms with Crippen LogP contribution in [-0.4, -0.2) is 23.9 Å². The topological polar surface area (TPSA) is 20.3 Å². The second kappa shape index (κ2) is 4.58. The van der Waals surface area contributed by atoms with Crippen LogP contribution >= 0.6 is 15.9 Å². The smallest absolute Gasteiger partial charge is 0.255 e. The first-order chi connectivity index (χ1) is 7.58. The number of aryl methyl sites for hydroxylation is 1. The molecule has 0 bridgehead atoms. The quantitative estimate of drug-likeness (QED) is 0.774. The van der Waals surface area contributed by atoms with Crippen LogP contribution in [0.1, 0.15) is 29.3 Å². The van der Waals surface area contributed by atoms with Crippen LogP contribution in [0.25, 0.3) is 0 Å². The lowest BCUT2D eigenvalue weighted by molar-refractivity contribution is 0.0787. The Kier molecular flexibility index (Phi) is 3.33. The van der Waals surface area contributed by atoms with Gasteiger partial charge < -0.3 is 4.90 Å². The SMILES string of the molecule is Cc1ccc(Br)c(C(=O)N2CCC(C)C2)c1. The minimum absolute atomic E-state index is 0.153. The highest BCUT2D eigenvalue weighted by Gasteiger charge is 2.25. The van der Waals surface area contributed by atoms with Crippen LogP contribution in [0.4, 0.5) is 0 Å². The number of likely N-dealkylation sites (tertiary alicyclic amines) is 1. The van der Waals surface area contributed by atoms with E-state index in [1.807, 2.05) is 30.0 Å². The third-order valence-corrected chi connectivity index (χ3v) is 3.75. The second-order valence-corrected chi connectivity index (χ2v) is 5.48. The Morgan fingerprint density at radius 3 is 2.88 bits per heavy atom. The molecule has 1 aliphatic heterocycles. The first-order valence-electron chi connectivity index (χ1n) is 5.63. The van der Waals surface area contributed by atoms with E-state index in [1.54, 1.807) is 0 Å². The van der Waals surface area contributed by atoms with Crippen molar-refractivity contribution in [2.75, 3.05) is 13.1 Å². The Bertz CT molecular complexity index is 416. The van der Waals surface area contributed by atoms with Gasteiger partial charge in [-0.15, -0.1) is 0 Å². The van der Waals surface area contributed by atoms with Gasteiger partial charge in [-0.05, 0) is 47.3 Å². The van der Waals surface area contributed by atoms with Crippen LogP contribution < -0.4 is 0 Å². The largest absolute Gasteiger partial charge is 0.338 e. The van der Waals surface area contributed by atoms with E-state index in [2.05, 4.69) is 22.9 Å². The molecular weight excluding hydrogens is 266 g/mol. The first-order valence-corrected chi connectivity index (χ1v) is 6.42. The van der Waals surface area contributed by atoms with Gasteiger partial charge in [-0.2, -0.15) is 0 Å². The van der Waals surface area contributed by atoms with E-state index in [-0.39, 0.29) is 5.91 Å². The zero-order chi connectivity index (χ0) is 11.7. The third-order valence-electron chi connectivity index (χ3n) is 3.06. The van der Waals surface area contributed by atoms with Crippen molar-refractivity contribution < 1.29 is 4.79 Å². The predicted molar refractivity (Wildman–Crippen MR) is 68.6 cm³/mol. The Labute approximate surface area is 105 Å². The van der Waals surface area contributed by atoms with E-state index in [0.29, 0.717) is 5.92 Å². The molecule has 0 spiro atoms. The summed E-state index contributed by atoms with van der Waals surface area (Å²) in [6.45, 7) is 5.98. The van der Waals surface area contributed by atoms with Gasteiger partial charge in [0.05, 0.1) is 5.56 Å². The number of hydrogen-bond donors (Lipinski definition) is 0. The van der Waals surface area contributed by atoms with Crippen molar-refractivity contribution in [3.05, 3.63) is 33.8 Å². The molecule has 1 aromatic rings. The van der Waals surface area contributed by atoms with Gasteiger partial charge in [0.2, 0.25) is 0 Å². The van der Waals surface area contributed by atoms with Gasteiger partial charge in [-0.3, -0.25) is 4.79 Å². The number of halogens is 1. The number of amides is 1. The van der Waals surface area contributed by atoms with Gasteiger partial charge in [0.15, 0.2) is 0 Å². The van der Waals surface area contributed by atoms with Crippen LogP contribution in [0.5, 0.6) is 0 Å². The third kappa shape index (κ3) is 2.29. The van der Waals surface area contributed by atoms with Crippen molar-refractivity contribution in [2.45, 2.75) is 20.3 Å². The van der Waals surface area contributed by atoms with Crippen LogP contribution in [0.3, 0.4) is 0 Å². The molecule has 1 atom stereocenters. The standard InChI is InChI=1S/C13H16BrNO/c1-9-3-4-12(14)11(7-9)13(16)15-6-5-10(2)8-15/h3-4,7,10H,5-6,8H2,1-2H3. The van der Waals surface area contributed by atoms with Crippen molar-refractivity contribution in [3.8, 4) is 0 Å². The summed E-state index contributed by atoms with van der Waals surface area (Å²) in [5.41, 5.74) is 1.91. The monoisotopic (exact) mass is 281 g/mol. The molecule has 0 radical (unpaired) electrons. The second-order valence-electron chi connectivity index (χ2n) is 4.63. The Balaban J connectivity index is 2.23. The number of hydrogen-bond acceptors (Lipinski definition) is 1. The highest BCUT2D eigenvalue weighted by molar-refractivity contribution is 9.10. The van der Waals surface area contributed by atoms with Crippen molar-refractivity contribution in [2.24, 2.45) is 5.92 Å². The highest BCUT2D eigenvalue weighted by Crippen LogP contribution is 2.23. The molecule has 1 fully saturated rings. The average Bonchev–Trinajstić information content (AvgIpc) is 2.67. The summed E-state index contributed by atoms with van der Waals surface area (Å²) in [5, 5.41) is 0. The van der Waals surface area contributed by atoms with Gasteiger partial charge in [0.25, 0.3) is 5.91 Å². The van der Waals surface area contributed by atoms with Crippen molar-refractivity contribution >= 4 is 21.8 Å². The van der Waals surface area contributed by atoms with Gasteiger partial charge in [0, 0.05) is 17.6 Å². The summed E-state index contributed by atoms with van der Waals surface area (Å²) in [7, 11) is 0. The Morgan fingerprint density at radius 2 is 2.25 bits per heavy atom. The van der Waals surface area contributed by atoms with E-state index in [1.165, 1.54) is 0 Å². The Hall–Kier alpha value is -0.830. The molecule has 16 heavy (non-hydrogen) atoms. The first kappa shape index (κ1) is 11.6. The summed E-state index contributed by atoms with van der Waals surface area (Å²) in [4.78, 5) is 14.2. The lowest BCUT2D eigenvalue weighted by Crippen LogP contribution is -2.28. The summed E-state index contributed by atoms with van der Waals surface area (Å²) in [6, 6.07) is 5.91. The van der Waals surface area contributed by atoms with Gasteiger partial charge in [-0.25, -0.2) is 0 Å². The fourth-order valence-electron chi connectivity index (χ4n) is 2.09. The van der Waals surface area contributed by atoms with Crippen molar-refractivity contribution in [1.29, 1.82) is 0 Å². The minimum atomic E-state index is 0.153. The number of nitrogens with zero attached hydrogens (tertiary/aromatic N) is 1. The number of rotatable bonds is 1. The molecule has 0 aromatic heterocycles. The molecule has 1 heterocycles. The van der Waals surface area contributed by atoms with E-state index in [4.69, 9.17) is 0 Å². The van der Waals surface area contributed by atoms with Crippen LogP contribution in [0.15, 0.2) is 22.7 Å². The molecule has 0 N–H and O–H groups in total. The zero-order valence-electron chi connectivity index (χ0n) is 9.66. The minimum Gasteiger partial charge on any atom is -0.338 e. The highest BCUT2D eigenvalue weighted by atomic mass is 79.9. The maximum Gasteiger partial charge on any atom is 0.255 e. The van der Waals surface area contributed by atoms with Gasteiger partial charge >= 0.3 is 0 Å². The fraction of sp³-hybridized carbons (Fsp3) is 0.462. The number of carbonyl (C=O) groups is 1. The van der Waals surface area contributed by atoms with Crippen LogP contribution in [0.2, 0.25) is 0 Å². The van der Waals surface area contributed by atoms with Crippen LogP contribution in [0, 0.1) is 12.8 Å². The summed E-state index contributed by atoms with van der Waals surface area (Å²) in [5.74, 6) is 0.785. The molecule has 3 heteroatoms. The molecule has 1 unspecified atom stereocenters. The van der Waals surface area contributed by atoms with Crippen molar-refractivity contribution in [3.63, 3.8) is 0 Å². The maximum absolute atomic E-state index is 12.3. The van der Waals surface area contributed by atoms with Gasteiger partial charge in [0.1, 0.15) is 0 Å². The van der Waals surface area contributed by atoms with E-state index in [9.17, 15) is 4.79 Å². The Morgan fingerprint density at radius 1 is 1.50 bits per heavy atom. The molecule has 1 amide bonds. The average molecular weight is 282 g/mol. The van der Waals surface area contributed by atoms with Gasteiger partial charge in [-0.1, -0.05) is 18.6 Å². The molecule has 0 aliphatic carbocycles. The molecular formula is C13H16BrNO. The summed E-state index contributed by atoms with van der Waals surface area (Å²) < 4.78 is 0.891. The molecule has 86 valence electrons. The maximum atomic E-state index is 12.3. The fourth-order valence-corrected chi connectivity index (χ4v) is 2.51. The van der Waals surface area contributed by atoms with Crippen molar-refractivity contribution in [1.82, 2.24) is 4.90 Å². The summed E-state index contributed by atoms with van der Waals surface area (Å²) >= 11 is 3.45. The molecule has 1 aliphatic rings. The molecule has 2 rings (SSSR count). The molecule has 1 saturated heterocycles. The van der Waals surface area contributed by atoms with E-state index < -0.39 is 0 Å². The molecule has 2 nitrogen and oxygen atoms in total. The summed E-state index contributed by atoms with van der Waals surface area (Å²) in [6.07, 6.45) is 1.12. The molecule has 1 aromatic carbocycles. The number of benzene rings is 1. The lowest BCUT2D eigenvalue weighted by atomic mass is 10.1. The van der Waals surface area contributed by atoms with E-state index in [0.717, 1.165) is 35.1 Å². The molecule has 0 saturated carbocycles. The lowest BCUT2D eigenvalue weighted by Gasteiger charge is -2.17. The normalized spacial score (nSPS) is 20.2. The van der Waals surface area contributed by atoms with E-state index >= 15 is 0 Å². The number of carbonyl (C=O) groups excluding carboxylic acids is 1. The zero-order valence-corrected chi connectivity index (χ0v) is 11.3. The van der Waals surface area contributed by atoms with Crippen LogP contribution in [-0.2, 0) is 0 Å². The predicted octanol–water partition coefficient (Wildman–Crippen LogP) is 3.24.